The number of halogens is 1. The fourth-order valence-electron chi connectivity index (χ4n) is 2.19. The molecule has 3 N–H and O–H groups in total. The molecule has 1 aliphatic heterocycles. The van der Waals surface area contributed by atoms with Crippen LogP contribution in [0.3, 0.4) is 0 Å². The number of rotatable bonds is 4. The number of hydrogen-bond acceptors (Lipinski definition) is 4. The molecule has 0 aliphatic carbocycles. The third-order valence-electron chi connectivity index (χ3n) is 3.04. The van der Waals surface area contributed by atoms with E-state index in [0.29, 0.717) is 10.9 Å². The van der Waals surface area contributed by atoms with Crippen LogP contribution < -0.4 is 11.3 Å². The van der Waals surface area contributed by atoms with Gasteiger partial charge < -0.3 is 4.74 Å². The van der Waals surface area contributed by atoms with Gasteiger partial charge in [0.25, 0.3) is 0 Å². The predicted octanol–water partition coefficient (Wildman–Crippen LogP) is 1.10. The lowest BCUT2D eigenvalue weighted by Gasteiger charge is -2.22. The summed E-state index contributed by atoms with van der Waals surface area (Å²) >= 11 is 6.16. The average Bonchev–Trinajstić information content (AvgIpc) is 2.91. The second-order valence-corrected chi connectivity index (χ2v) is 4.37. The molecule has 5 nitrogen and oxygen atoms in total. The van der Waals surface area contributed by atoms with Crippen LogP contribution in [0.5, 0.6) is 0 Å². The minimum absolute atomic E-state index is 0.0115. The quantitative estimate of drug-likeness (QED) is 0.615. The maximum absolute atomic E-state index is 6.16. The van der Waals surface area contributed by atoms with Gasteiger partial charge in [0.05, 0.1) is 29.6 Å². The lowest BCUT2D eigenvalue weighted by Crippen LogP contribution is -2.35. The highest BCUT2D eigenvalue weighted by Gasteiger charge is 2.30. The Bertz CT molecular complexity index is 349. The molecule has 2 unspecified atom stereocenters. The van der Waals surface area contributed by atoms with Gasteiger partial charge in [0.2, 0.25) is 0 Å². The Morgan fingerprint density at radius 2 is 2.62 bits per heavy atom. The molecule has 0 amide bonds. The molecular formula is C10H17ClN4O. The van der Waals surface area contributed by atoms with Gasteiger partial charge in [-0.2, -0.15) is 5.10 Å². The third-order valence-corrected chi connectivity index (χ3v) is 3.33. The van der Waals surface area contributed by atoms with Gasteiger partial charge >= 0.3 is 0 Å². The summed E-state index contributed by atoms with van der Waals surface area (Å²) in [6.45, 7) is 4.33. The van der Waals surface area contributed by atoms with Crippen LogP contribution in [0.15, 0.2) is 6.20 Å². The van der Waals surface area contributed by atoms with E-state index in [-0.39, 0.29) is 6.04 Å². The van der Waals surface area contributed by atoms with E-state index in [1.165, 1.54) is 0 Å². The Balaban J connectivity index is 2.27. The van der Waals surface area contributed by atoms with Crippen LogP contribution in [-0.2, 0) is 11.3 Å². The van der Waals surface area contributed by atoms with Gasteiger partial charge in [0.1, 0.15) is 0 Å². The van der Waals surface area contributed by atoms with Gasteiger partial charge in [0, 0.05) is 19.1 Å². The highest BCUT2D eigenvalue weighted by Crippen LogP contribution is 2.32. The van der Waals surface area contributed by atoms with E-state index in [4.69, 9.17) is 22.2 Å². The van der Waals surface area contributed by atoms with Crippen molar-refractivity contribution in [2.24, 2.45) is 11.8 Å². The molecule has 2 heterocycles. The van der Waals surface area contributed by atoms with Crippen LogP contribution in [-0.4, -0.2) is 23.0 Å². The molecule has 2 atom stereocenters. The number of aryl methyl sites for hydroxylation is 1. The first-order valence-electron chi connectivity index (χ1n) is 5.53. The smallest absolute Gasteiger partial charge is 0.0834 e. The van der Waals surface area contributed by atoms with Crippen LogP contribution in [0, 0.1) is 5.92 Å². The largest absolute Gasteiger partial charge is 0.381 e. The molecule has 1 fully saturated rings. The molecule has 1 saturated heterocycles. The molecule has 90 valence electrons. The molecule has 6 heteroatoms. The SMILES string of the molecule is CCn1ncc(Cl)c1C(NN)C1CCOC1. The normalized spacial score (nSPS) is 22.6. The topological polar surface area (TPSA) is 65.1 Å². The maximum atomic E-state index is 6.16. The minimum atomic E-state index is 0.0115. The van der Waals surface area contributed by atoms with E-state index in [2.05, 4.69) is 10.5 Å². The Morgan fingerprint density at radius 1 is 1.81 bits per heavy atom. The Hall–Kier alpha value is -0.620. The van der Waals surface area contributed by atoms with E-state index < -0.39 is 0 Å². The van der Waals surface area contributed by atoms with E-state index in [9.17, 15) is 0 Å². The van der Waals surface area contributed by atoms with Crippen molar-refractivity contribution in [3.05, 3.63) is 16.9 Å². The van der Waals surface area contributed by atoms with Gasteiger partial charge in [-0.25, -0.2) is 0 Å². The Morgan fingerprint density at radius 3 is 3.19 bits per heavy atom. The summed E-state index contributed by atoms with van der Waals surface area (Å²) in [6, 6.07) is 0.0115. The number of hydrogen-bond donors (Lipinski definition) is 2. The summed E-state index contributed by atoms with van der Waals surface area (Å²) in [5, 5.41) is 4.89. The predicted molar refractivity (Wildman–Crippen MR) is 61.9 cm³/mol. The van der Waals surface area contributed by atoms with Crippen molar-refractivity contribution in [1.82, 2.24) is 15.2 Å². The first-order valence-corrected chi connectivity index (χ1v) is 5.90. The van der Waals surface area contributed by atoms with Crippen molar-refractivity contribution in [2.75, 3.05) is 13.2 Å². The third kappa shape index (κ3) is 2.08. The van der Waals surface area contributed by atoms with Crippen LogP contribution in [0.25, 0.3) is 0 Å². The first kappa shape index (κ1) is 11.9. The summed E-state index contributed by atoms with van der Waals surface area (Å²) in [7, 11) is 0. The highest BCUT2D eigenvalue weighted by molar-refractivity contribution is 6.31. The standard InChI is InChI=1S/C10H17ClN4O/c1-2-15-10(8(11)5-13-15)9(14-12)7-3-4-16-6-7/h5,7,9,14H,2-4,6,12H2,1H3. The fraction of sp³-hybridized carbons (Fsp3) is 0.700. The van der Waals surface area contributed by atoms with Crippen molar-refractivity contribution in [3.8, 4) is 0 Å². The van der Waals surface area contributed by atoms with Crippen molar-refractivity contribution in [3.63, 3.8) is 0 Å². The summed E-state index contributed by atoms with van der Waals surface area (Å²) in [5.74, 6) is 6.00. The van der Waals surface area contributed by atoms with Gasteiger partial charge in [-0.05, 0) is 13.3 Å². The van der Waals surface area contributed by atoms with Crippen molar-refractivity contribution in [2.45, 2.75) is 25.9 Å². The summed E-state index contributed by atoms with van der Waals surface area (Å²) in [6.07, 6.45) is 2.67. The summed E-state index contributed by atoms with van der Waals surface area (Å²) < 4.78 is 7.26. The maximum Gasteiger partial charge on any atom is 0.0834 e. The summed E-state index contributed by atoms with van der Waals surface area (Å²) in [4.78, 5) is 0. The molecular weight excluding hydrogens is 228 g/mol. The van der Waals surface area contributed by atoms with E-state index >= 15 is 0 Å². The monoisotopic (exact) mass is 244 g/mol. The number of nitrogens with zero attached hydrogens (tertiary/aromatic N) is 2. The Labute approximate surface area is 99.9 Å². The first-order chi connectivity index (χ1) is 7.77. The van der Waals surface area contributed by atoms with Crippen molar-refractivity contribution >= 4 is 11.6 Å². The van der Waals surface area contributed by atoms with Crippen LogP contribution in [0.2, 0.25) is 5.02 Å². The molecule has 1 aromatic heterocycles. The second kappa shape index (κ2) is 5.14. The van der Waals surface area contributed by atoms with E-state index in [1.807, 2.05) is 11.6 Å². The molecule has 1 aromatic rings. The molecule has 0 spiro atoms. The zero-order chi connectivity index (χ0) is 11.5. The van der Waals surface area contributed by atoms with E-state index in [0.717, 1.165) is 31.9 Å². The minimum Gasteiger partial charge on any atom is -0.381 e. The molecule has 0 bridgehead atoms. The molecule has 2 rings (SSSR count). The summed E-state index contributed by atoms with van der Waals surface area (Å²) in [5.41, 5.74) is 3.80. The lowest BCUT2D eigenvalue weighted by molar-refractivity contribution is 0.175. The number of aromatic nitrogens is 2. The lowest BCUT2D eigenvalue weighted by atomic mass is 9.96. The van der Waals surface area contributed by atoms with Crippen LogP contribution in [0.1, 0.15) is 25.1 Å². The fourth-order valence-corrected chi connectivity index (χ4v) is 2.45. The van der Waals surface area contributed by atoms with Gasteiger partial charge in [-0.3, -0.25) is 16.0 Å². The highest BCUT2D eigenvalue weighted by atomic mass is 35.5. The van der Waals surface area contributed by atoms with Gasteiger partial charge in [0.15, 0.2) is 0 Å². The number of hydrazine groups is 1. The van der Waals surface area contributed by atoms with Crippen molar-refractivity contribution < 1.29 is 4.74 Å². The van der Waals surface area contributed by atoms with E-state index in [1.54, 1.807) is 6.20 Å². The molecule has 0 radical (unpaired) electrons. The average molecular weight is 245 g/mol. The van der Waals surface area contributed by atoms with Crippen LogP contribution >= 0.6 is 11.6 Å². The van der Waals surface area contributed by atoms with Crippen molar-refractivity contribution in [1.29, 1.82) is 0 Å². The number of ether oxygens (including phenoxy) is 1. The number of nitrogens with two attached hydrogens (primary N) is 1. The van der Waals surface area contributed by atoms with Gasteiger partial charge in [-0.1, -0.05) is 11.6 Å². The second-order valence-electron chi connectivity index (χ2n) is 3.96. The molecule has 0 saturated carbocycles. The molecule has 1 aliphatic rings. The van der Waals surface area contributed by atoms with Gasteiger partial charge in [-0.15, -0.1) is 0 Å². The molecule has 16 heavy (non-hydrogen) atoms. The zero-order valence-corrected chi connectivity index (χ0v) is 10.1. The Kier molecular flexibility index (Phi) is 3.81. The van der Waals surface area contributed by atoms with Crippen LogP contribution in [0.4, 0.5) is 0 Å². The zero-order valence-electron chi connectivity index (χ0n) is 9.32. The number of nitrogens with one attached hydrogen (secondary N) is 1. The molecule has 0 aromatic carbocycles.